The van der Waals surface area contributed by atoms with E-state index in [0.29, 0.717) is 0 Å². The molecular weight excluding hydrogens is 210 g/mol. The summed E-state index contributed by atoms with van der Waals surface area (Å²) in [7, 11) is 0. The van der Waals surface area contributed by atoms with Crippen molar-refractivity contribution >= 4 is 11.6 Å². The molecule has 2 heterocycles. The lowest BCUT2D eigenvalue weighted by molar-refractivity contribution is 0.394. The zero-order valence-electron chi connectivity index (χ0n) is 10.9. The summed E-state index contributed by atoms with van der Waals surface area (Å²) in [5.74, 6) is 3.03. The number of nitrogens with one attached hydrogen (secondary N) is 1. The largest absolute Gasteiger partial charge is 0.370 e. The molecule has 94 valence electrons. The summed E-state index contributed by atoms with van der Waals surface area (Å²) in [6.07, 6.45) is 3.94. The number of rotatable bonds is 4. The Morgan fingerprint density at radius 3 is 2.71 bits per heavy atom. The number of hydrogen-bond donors (Lipinski definition) is 1. The van der Waals surface area contributed by atoms with Gasteiger partial charge in [-0.3, -0.25) is 0 Å². The van der Waals surface area contributed by atoms with Crippen molar-refractivity contribution in [1.82, 2.24) is 4.98 Å². The Labute approximate surface area is 104 Å². The van der Waals surface area contributed by atoms with Crippen LogP contribution in [0.25, 0.3) is 0 Å². The normalized spacial score (nSPS) is 17.2. The van der Waals surface area contributed by atoms with Gasteiger partial charge in [-0.1, -0.05) is 19.4 Å². The molecule has 1 aliphatic heterocycles. The molecule has 0 amide bonds. The summed E-state index contributed by atoms with van der Waals surface area (Å²) in [4.78, 5) is 7.06. The van der Waals surface area contributed by atoms with Gasteiger partial charge in [-0.15, -0.1) is 0 Å². The van der Waals surface area contributed by atoms with Crippen LogP contribution in [0.4, 0.5) is 11.6 Å². The fourth-order valence-electron chi connectivity index (χ4n) is 2.45. The monoisotopic (exact) mass is 233 g/mol. The van der Waals surface area contributed by atoms with Crippen molar-refractivity contribution in [2.75, 3.05) is 29.9 Å². The Balaban J connectivity index is 2.00. The third-order valence-electron chi connectivity index (χ3n) is 3.61. The van der Waals surface area contributed by atoms with Crippen molar-refractivity contribution in [3.8, 4) is 0 Å². The van der Waals surface area contributed by atoms with E-state index in [1.165, 1.54) is 19.3 Å². The summed E-state index contributed by atoms with van der Waals surface area (Å²) < 4.78 is 0. The summed E-state index contributed by atoms with van der Waals surface area (Å²) in [5, 5.41) is 3.27. The third kappa shape index (κ3) is 3.11. The van der Waals surface area contributed by atoms with Crippen LogP contribution < -0.4 is 10.2 Å². The fourth-order valence-corrected chi connectivity index (χ4v) is 2.45. The average Bonchev–Trinajstić information content (AvgIpc) is 2.40. The Kier molecular flexibility index (Phi) is 4.24. The van der Waals surface area contributed by atoms with Crippen LogP contribution in [0.5, 0.6) is 0 Å². The SMILES string of the molecule is CCNc1cccc(N2CCC(CC)CC2)n1. The number of pyridine rings is 1. The van der Waals surface area contributed by atoms with Crippen LogP contribution in [0.1, 0.15) is 33.1 Å². The molecule has 0 atom stereocenters. The van der Waals surface area contributed by atoms with Crippen molar-refractivity contribution in [1.29, 1.82) is 0 Å². The van der Waals surface area contributed by atoms with Crippen LogP contribution in [0.15, 0.2) is 18.2 Å². The third-order valence-corrected chi connectivity index (χ3v) is 3.61. The lowest BCUT2D eigenvalue weighted by Crippen LogP contribution is -2.34. The van der Waals surface area contributed by atoms with Gasteiger partial charge in [0.25, 0.3) is 0 Å². The Morgan fingerprint density at radius 1 is 1.29 bits per heavy atom. The molecule has 0 bridgehead atoms. The minimum Gasteiger partial charge on any atom is -0.370 e. The van der Waals surface area contributed by atoms with Gasteiger partial charge in [-0.05, 0) is 37.8 Å². The van der Waals surface area contributed by atoms with Crippen molar-refractivity contribution in [2.24, 2.45) is 5.92 Å². The molecule has 1 saturated heterocycles. The minimum absolute atomic E-state index is 0.920. The van der Waals surface area contributed by atoms with E-state index < -0.39 is 0 Å². The van der Waals surface area contributed by atoms with E-state index in [1.807, 2.05) is 6.07 Å². The lowest BCUT2D eigenvalue weighted by atomic mass is 9.94. The first-order chi connectivity index (χ1) is 8.33. The van der Waals surface area contributed by atoms with Gasteiger partial charge in [0, 0.05) is 19.6 Å². The van der Waals surface area contributed by atoms with Crippen LogP contribution in [-0.2, 0) is 0 Å². The van der Waals surface area contributed by atoms with E-state index in [2.05, 4.69) is 41.2 Å². The molecule has 1 aliphatic rings. The molecule has 0 saturated carbocycles. The highest BCUT2D eigenvalue weighted by Gasteiger charge is 2.18. The molecule has 1 N–H and O–H groups in total. The summed E-state index contributed by atoms with van der Waals surface area (Å²) >= 11 is 0. The van der Waals surface area contributed by atoms with Crippen LogP contribution in [0, 0.1) is 5.92 Å². The molecule has 0 unspecified atom stereocenters. The molecule has 0 aromatic carbocycles. The molecule has 1 aromatic heterocycles. The highest BCUT2D eigenvalue weighted by Crippen LogP contribution is 2.24. The molecule has 0 aliphatic carbocycles. The van der Waals surface area contributed by atoms with E-state index >= 15 is 0 Å². The number of hydrogen-bond acceptors (Lipinski definition) is 3. The van der Waals surface area contributed by atoms with Crippen LogP contribution >= 0.6 is 0 Å². The quantitative estimate of drug-likeness (QED) is 0.866. The first kappa shape index (κ1) is 12.2. The highest BCUT2D eigenvalue weighted by atomic mass is 15.2. The van der Waals surface area contributed by atoms with E-state index in [4.69, 9.17) is 0 Å². The van der Waals surface area contributed by atoms with Crippen LogP contribution in [0.2, 0.25) is 0 Å². The molecule has 3 heteroatoms. The van der Waals surface area contributed by atoms with E-state index in [1.54, 1.807) is 0 Å². The molecule has 1 aromatic rings. The molecule has 3 nitrogen and oxygen atoms in total. The van der Waals surface area contributed by atoms with E-state index in [0.717, 1.165) is 37.2 Å². The Bertz CT molecular complexity index is 343. The summed E-state index contributed by atoms with van der Waals surface area (Å²) in [6.45, 7) is 7.63. The van der Waals surface area contributed by atoms with Crippen molar-refractivity contribution in [2.45, 2.75) is 33.1 Å². The van der Waals surface area contributed by atoms with Gasteiger partial charge in [-0.25, -0.2) is 4.98 Å². The molecular formula is C14H23N3. The Morgan fingerprint density at radius 2 is 2.06 bits per heavy atom. The molecule has 2 rings (SSSR count). The summed E-state index contributed by atoms with van der Waals surface area (Å²) in [6, 6.07) is 6.24. The number of aromatic nitrogens is 1. The van der Waals surface area contributed by atoms with Crippen molar-refractivity contribution < 1.29 is 0 Å². The Hall–Kier alpha value is -1.25. The van der Waals surface area contributed by atoms with Crippen molar-refractivity contribution in [3.05, 3.63) is 18.2 Å². The van der Waals surface area contributed by atoms with Gasteiger partial charge >= 0.3 is 0 Å². The molecule has 0 spiro atoms. The van der Waals surface area contributed by atoms with Crippen LogP contribution in [0.3, 0.4) is 0 Å². The van der Waals surface area contributed by atoms with Crippen molar-refractivity contribution in [3.63, 3.8) is 0 Å². The second kappa shape index (κ2) is 5.89. The predicted octanol–water partition coefficient (Wildman–Crippen LogP) is 3.14. The zero-order chi connectivity index (χ0) is 12.1. The van der Waals surface area contributed by atoms with Gasteiger partial charge in [-0.2, -0.15) is 0 Å². The van der Waals surface area contributed by atoms with Gasteiger partial charge in [0.1, 0.15) is 11.6 Å². The van der Waals surface area contributed by atoms with Crippen LogP contribution in [-0.4, -0.2) is 24.6 Å². The number of nitrogens with zero attached hydrogens (tertiary/aromatic N) is 2. The smallest absolute Gasteiger partial charge is 0.130 e. The lowest BCUT2D eigenvalue weighted by Gasteiger charge is -2.32. The predicted molar refractivity (Wildman–Crippen MR) is 73.6 cm³/mol. The zero-order valence-corrected chi connectivity index (χ0v) is 10.9. The standard InChI is InChI=1S/C14H23N3/c1-3-12-8-10-17(11-9-12)14-7-5-6-13(16-14)15-4-2/h5-7,12H,3-4,8-11H2,1-2H3,(H,15,16). The maximum Gasteiger partial charge on any atom is 0.130 e. The number of anilines is 2. The maximum atomic E-state index is 4.65. The highest BCUT2D eigenvalue weighted by molar-refractivity contribution is 5.47. The second-order valence-corrected chi connectivity index (χ2v) is 4.75. The van der Waals surface area contributed by atoms with E-state index in [-0.39, 0.29) is 0 Å². The number of piperidine rings is 1. The fraction of sp³-hybridized carbons (Fsp3) is 0.643. The second-order valence-electron chi connectivity index (χ2n) is 4.75. The maximum absolute atomic E-state index is 4.65. The topological polar surface area (TPSA) is 28.2 Å². The molecule has 0 radical (unpaired) electrons. The molecule has 1 fully saturated rings. The van der Waals surface area contributed by atoms with Gasteiger partial charge in [0.2, 0.25) is 0 Å². The van der Waals surface area contributed by atoms with Gasteiger partial charge < -0.3 is 10.2 Å². The van der Waals surface area contributed by atoms with Gasteiger partial charge in [0.15, 0.2) is 0 Å². The first-order valence-electron chi connectivity index (χ1n) is 6.79. The first-order valence-corrected chi connectivity index (χ1v) is 6.79. The average molecular weight is 233 g/mol. The van der Waals surface area contributed by atoms with E-state index in [9.17, 15) is 0 Å². The minimum atomic E-state index is 0.920. The molecule has 17 heavy (non-hydrogen) atoms. The summed E-state index contributed by atoms with van der Waals surface area (Å²) in [5.41, 5.74) is 0. The van der Waals surface area contributed by atoms with Gasteiger partial charge in [0.05, 0.1) is 0 Å².